The number of hydrogen-bond donors (Lipinski definition) is 0. The predicted octanol–water partition coefficient (Wildman–Crippen LogP) is 6.33. The van der Waals surface area contributed by atoms with Crippen LogP contribution in [-0.4, -0.2) is 41.1 Å². The average Bonchev–Trinajstić information content (AvgIpc) is 3.38. The number of rotatable bonds is 5. The van der Waals surface area contributed by atoms with Crippen molar-refractivity contribution < 1.29 is 9.53 Å². The first-order valence-corrected chi connectivity index (χ1v) is 12.3. The fourth-order valence-electron chi connectivity index (χ4n) is 5.31. The molecule has 0 bridgehead atoms. The Morgan fingerprint density at radius 2 is 1.88 bits per heavy atom. The Kier molecular flexibility index (Phi) is 6.25. The second-order valence-corrected chi connectivity index (χ2v) is 9.75. The molecule has 0 amide bonds. The Hall–Kier alpha value is -2.30. The molecule has 5 rings (SSSR count). The number of halogens is 1. The Bertz CT molecular complexity index is 1120. The lowest BCUT2D eigenvalue weighted by Gasteiger charge is -2.23. The Labute approximate surface area is 195 Å². The van der Waals surface area contributed by atoms with Crippen LogP contribution in [-0.2, 0) is 6.42 Å². The van der Waals surface area contributed by atoms with Gasteiger partial charge in [-0.25, -0.2) is 0 Å². The summed E-state index contributed by atoms with van der Waals surface area (Å²) in [7, 11) is 2.20. The average molecular weight is 451 g/mol. The summed E-state index contributed by atoms with van der Waals surface area (Å²) in [4.78, 5) is 15.9. The zero-order chi connectivity index (χ0) is 22.1. The second-order valence-electron chi connectivity index (χ2n) is 9.35. The highest BCUT2D eigenvalue weighted by atomic mass is 35.5. The lowest BCUT2D eigenvalue weighted by Crippen LogP contribution is -2.26. The van der Waals surface area contributed by atoms with Gasteiger partial charge >= 0.3 is 0 Å². The van der Waals surface area contributed by atoms with Crippen molar-refractivity contribution in [2.45, 2.75) is 63.5 Å². The molecule has 1 saturated heterocycles. The molecule has 32 heavy (non-hydrogen) atoms. The summed E-state index contributed by atoms with van der Waals surface area (Å²) < 4.78 is 8.13. The fourth-order valence-corrected chi connectivity index (χ4v) is 5.53. The standard InChI is InChI=1S/C27H31ClN2O2/c1-29-15-7-8-20(29)16-19-18-30(27(31)23-11-5-6-12-25(23)28)26-14-13-22(17-24(19)26)32-21-9-3-2-4-10-21/h5-6,11-14,17-18,20-21H,2-4,7-10,15-16H2,1H3/t20-/m1/s1. The number of likely N-dealkylation sites (N-methyl/N-ethyl adjacent to an activating group) is 1. The van der Waals surface area contributed by atoms with Gasteiger partial charge in [-0.1, -0.05) is 30.2 Å². The van der Waals surface area contributed by atoms with Crippen molar-refractivity contribution in [3.8, 4) is 5.75 Å². The molecule has 2 aliphatic rings. The van der Waals surface area contributed by atoms with E-state index >= 15 is 0 Å². The molecule has 3 aromatic rings. The highest BCUT2D eigenvalue weighted by molar-refractivity contribution is 6.34. The summed E-state index contributed by atoms with van der Waals surface area (Å²) in [6.07, 6.45) is 11.7. The summed E-state index contributed by atoms with van der Waals surface area (Å²) in [5.74, 6) is 0.820. The first kappa shape index (κ1) is 21.5. The number of nitrogens with zero attached hydrogens (tertiary/aromatic N) is 2. The van der Waals surface area contributed by atoms with Gasteiger partial charge in [-0.05, 0) is 94.4 Å². The molecule has 0 unspecified atom stereocenters. The Balaban J connectivity index is 1.53. The first-order chi connectivity index (χ1) is 15.6. The predicted molar refractivity (Wildman–Crippen MR) is 130 cm³/mol. The van der Waals surface area contributed by atoms with E-state index in [9.17, 15) is 4.79 Å². The summed E-state index contributed by atoms with van der Waals surface area (Å²) in [5.41, 5.74) is 2.65. The van der Waals surface area contributed by atoms with Gasteiger partial charge in [0.15, 0.2) is 0 Å². The van der Waals surface area contributed by atoms with Crippen LogP contribution in [0.4, 0.5) is 0 Å². The number of carbonyl (C=O) groups excluding carboxylic acids is 1. The molecule has 1 aliphatic carbocycles. The van der Waals surface area contributed by atoms with Crippen molar-refractivity contribution in [1.82, 2.24) is 9.47 Å². The van der Waals surface area contributed by atoms with E-state index in [4.69, 9.17) is 16.3 Å². The van der Waals surface area contributed by atoms with Gasteiger partial charge in [-0.2, -0.15) is 0 Å². The summed E-state index contributed by atoms with van der Waals surface area (Å²) in [6, 6.07) is 14.0. The van der Waals surface area contributed by atoms with Crippen LogP contribution in [0.3, 0.4) is 0 Å². The maximum Gasteiger partial charge on any atom is 0.263 e. The van der Waals surface area contributed by atoms with Gasteiger partial charge in [0.25, 0.3) is 5.91 Å². The van der Waals surface area contributed by atoms with Gasteiger partial charge in [0.1, 0.15) is 5.75 Å². The molecule has 2 aromatic carbocycles. The molecule has 1 aromatic heterocycles. The SMILES string of the molecule is CN1CCC[C@@H]1Cc1cn(C(=O)c2ccccc2Cl)c2ccc(OC3CCCCC3)cc12. The minimum atomic E-state index is -0.0902. The van der Waals surface area contributed by atoms with Gasteiger partial charge < -0.3 is 9.64 Å². The van der Waals surface area contributed by atoms with Crippen LogP contribution in [0.2, 0.25) is 5.02 Å². The highest BCUT2D eigenvalue weighted by Crippen LogP contribution is 2.32. The molecule has 2 fully saturated rings. The summed E-state index contributed by atoms with van der Waals surface area (Å²) in [5, 5.41) is 1.59. The maximum atomic E-state index is 13.4. The molecule has 168 valence electrons. The first-order valence-electron chi connectivity index (χ1n) is 11.9. The van der Waals surface area contributed by atoms with Crippen molar-refractivity contribution in [1.29, 1.82) is 0 Å². The Morgan fingerprint density at radius 1 is 1.06 bits per heavy atom. The molecular formula is C27H31ClN2O2. The Morgan fingerprint density at radius 3 is 2.62 bits per heavy atom. The molecular weight excluding hydrogens is 420 g/mol. The van der Waals surface area contributed by atoms with Gasteiger partial charge in [0.2, 0.25) is 0 Å². The minimum Gasteiger partial charge on any atom is -0.490 e. The number of aromatic nitrogens is 1. The highest BCUT2D eigenvalue weighted by Gasteiger charge is 2.25. The smallest absolute Gasteiger partial charge is 0.263 e. The van der Waals surface area contributed by atoms with Crippen molar-refractivity contribution in [2.24, 2.45) is 0 Å². The number of hydrogen-bond acceptors (Lipinski definition) is 3. The molecule has 4 nitrogen and oxygen atoms in total. The monoisotopic (exact) mass is 450 g/mol. The zero-order valence-electron chi connectivity index (χ0n) is 18.7. The van der Waals surface area contributed by atoms with E-state index in [0.717, 1.165) is 42.5 Å². The van der Waals surface area contributed by atoms with Crippen LogP contribution in [0.15, 0.2) is 48.7 Å². The molecule has 0 radical (unpaired) electrons. The van der Waals surface area contributed by atoms with E-state index in [-0.39, 0.29) is 5.91 Å². The number of carbonyl (C=O) groups is 1. The minimum absolute atomic E-state index is 0.0902. The van der Waals surface area contributed by atoms with Crippen LogP contribution in [0, 0.1) is 0 Å². The topological polar surface area (TPSA) is 34.5 Å². The van der Waals surface area contributed by atoms with Crippen molar-refractivity contribution in [3.63, 3.8) is 0 Å². The quantitative estimate of drug-likeness (QED) is 0.455. The van der Waals surface area contributed by atoms with E-state index in [2.05, 4.69) is 18.0 Å². The van der Waals surface area contributed by atoms with Gasteiger partial charge in [0.05, 0.1) is 22.2 Å². The van der Waals surface area contributed by atoms with Crippen LogP contribution >= 0.6 is 11.6 Å². The number of fused-ring (bicyclic) bond motifs is 1. The van der Waals surface area contributed by atoms with E-state index < -0.39 is 0 Å². The zero-order valence-corrected chi connectivity index (χ0v) is 19.5. The summed E-state index contributed by atoms with van der Waals surface area (Å²) >= 11 is 6.36. The third-order valence-corrected chi connectivity index (χ3v) is 7.49. The molecule has 2 heterocycles. The van der Waals surface area contributed by atoms with Crippen LogP contribution in [0.5, 0.6) is 5.75 Å². The molecule has 5 heteroatoms. The normalized spacial score (nSPS) is 20.1. The second kappa shape index (κ2) is 9.29. The third-order valence-electron chi connectivity index (χ3n) is 7.16. The number of likely N-dealkylation sites (tertiary alicyclic amines) is 1. The summed E-state index contributed by atoms with van der Waals surface area (Å²) in [6.45, 7) is 1.14. The van der Waals surface area contributed by atoms with Gasteiger partial charge in [-0.3, -0.25) is 9.36 Å². The van der Waals surface area contributed by atoms with E-state index in [1.54, 1.807) is 16.7 Å². The van der Waals surface area contributed by atoms with E-state index in [1.165, 1.54) is 37.7 Å². The van der Waals surface area contributed by atoms with Gasteiger partial charge in [0, 0.05) is 17.6 Å². The van der Waals surface area contributed by atoms with Crippen LogP contribution < -0.4 is 4.74 Å². The molecule has 1 aliphatic heterocycles. The van der Waals surface area contributed by atoms with E-state index in [1.807, 2.05) is 30.5 Å². The molecule has 1 saturated carbocycles. The maximum absolute atomic E-state index is 13.4. The van der Waals surface area contributed by atoms with Crippen LogP contribution in [0.25, 0.3) is 10.9 Å². The molecule has 0 spiro atoms. The molecule has 0 N–H and O–H groups in total. The largest absolute Gasteiger partial charge is 0.490 e. The van der Waals surface area contributed by atoms with E-state index in [0.29, 0.717) is 22.7 Å². The molecule has 1 atom stereocenters. The fraction of sp³-hybridized carbons (Fsp3) is 0.444. The van der Waals surface area contributed by atoms with Crippen molar-refractivity contribution in [2.75, 3.05) is 13.6 Å². The lowest BCUT2D eigenvalue weighted by molar-refractivity contribution is 0.0965. The number of ether oxygens (including phenoxy) is 1. The van der Waals surface area contributed by atoms with Crippen molar-refractivity contribution in [3.05, 3.63) is 64.8 Å². The van der Waals surface area contributed by atoms with Crippen molar-refractivity contribution >= 4 is 28.4 Å². The lowest BCUT2D eigenvalue weighted by atomic mass is 9.98. The van der Waals surface area contributed by atoms with Crippen LogP contribution in [0.1, 0.15) is 60.9 Å². The third kappa shape index (κ3) is 4.31. The van der Waals surface area contributed by atoms with Gasteiger partial charge in [-0.15, -0.1) is 0 Å². The number of benzene rings is 2.